The fourth-order valence-electron chi connectivity index (χ4n) is 1.55. The molecule has 0 aliphatic carbocycles. The van der Waals surface area contributed by atoms with Crippen molar-refractivity contribution in [2.24, 2.45) is 0 Å². The molecule has 1 saturated heterocycles. The maximum atomic E-state index is 5.75. The molecule has 64 valence electrons. The van der Waals surface area contributed by atoms with E-state index in [-0.39, 0.29) is 5.60 Å². The molecule has 0 N–H and O–H groups in total. The third-order valence-corrected chi connectivity index (χ3v) is 2.74. The molecule has 0 aromatic rings. The van der Waals surface area contributed by atoms with Gasteiger partial charge in [-0.05, 0) is 45.6 Å². The average Bonchev–Trinajstić information content (AvgIpc) is 2.04. The summed E-state index contributed by atoms with van der Waals surface area (Å²) in [6.45, 7) is 7.37. The summed E-state index contributed by atoms with van der Waals surface area (Å²) in [4.78, 5) is 0. The zero-order valence-corrected chi connectivity index (χ0v) is 7.81. The standard InChI is InChI=1S/C10H18O/c1-4-9(2)10(3)7-5-6-8-11-10/h4H,5-8H2,1-3H3. The van der Waals surface area contributed by atoms with Crippen LogP contribution in [0.25, 0.3) is 0 Å². The minimum absolute atomic E-state index is 0.0486. The molecule has 0 amide bonds. The zero-order chi connectivity index (χ0) is 8.32. The summed E-state index contributed by atoms with van der Waals surface area (Å²) in [5, 5.41) is 0. The zero-order valence-electron chi connectivity index (χ0n) is 7.81. The Morgan fingerprint density at radius 2 is 2.18 bits per heavy atom. The van der Waals surface area contributed by atoms with Crippen molar-refractivity contribution in [1.82, 2.24) is 0 Å². The highest BCUT2D eigenvalue weighted by molar-refractivity contribution is 5.12. The van der Waals surface area contributed by atoms with Crippen LogP contribution in [0.2, 0.25) is 0 Å². The Morgan fingerprint density at radius 3 is 2.64 bits per heavy atom. The van der Waals surface area contributed by atoms with Crippen molar-refractivity contribution in [2.75, 3.05) is 6.61 Å². The van der Waals surface area contributed by atoms with Crippen LogP contribution in [0.1, 0.15) is 40.0 Å². The summed E-state index contributed by atoms with van der Waals surface area (Å²) in [6, 6.07) is 0. The molecule has 1 unspecified atom stereocenters. The van der Waals surface area contributed by atoms with Gasteiger partial charge in [-0.2, -0.15) is 0 Å². The Kier molecular flexibility index (Phi) is 2.72. The van der Waals surface area contributed by atoms with Crippen LogP contribution in [0.15, 0.2) is 11.6 Å². The smallest absolute Gasteiger partial charge is 0.0860 e. The van der Waals surface area contributed by atoms with E-state index in [0.29, 0.717) is 0 Å². The first kappa shape index (κ1) is 8.79. The largest absolute Gasteiger partial charge is 0.371 e. The predicted molar refractivity (Wildman–Crippen MR) is 47.6 cm³/mol. The molecule has 0 radical (unpaired) electrons. The minimum Gasteiger partial charge on any atom is -0.371 e. The van der Waals surface area contributed by atoms with Gasteiger partial charge in [0.1, 0.15) is 0 Å². The van der Waals surface area contributed by atoms with Gasteiger partial charge in [0.2, 0.25) is 0 Å². The van der Waals surface area contributed by atoms with Crippen molar-refractivity contribution in [1.29, 1.82) is 0 Å². The molecule has 1 rings (SSSR count). The second-order valence-electron chi connectivity index (χ2n) is 3.51. The Hall–Kier alpha value is -0.300. The molecule has 0 aromatic heterocycles. The molecule has 0 aromatic carbocycles. The normalized spacial score (nSPS) is 33.9. The molecule has 0 spiro atoms. The van der Waals surface area contributed by atoms with E-state index in [1.54, 1.807) is 0 Å². The van der Waals surface area contributed by atoms with E-state index in [4.69, 9.17) is 4.74 Å². The first-order chi connectivity index (χ1) is 5.19. The number of hydrogen-bond acceptors (Lipinski definition) is 1. The molecule has 1 fully saturated rings. The fraction of sp³-hybridized carbons (Fsp3) is 0.800. The molecule has 1 nitrogen and oxygen atoms in total. The van der Waals surface area contributed by atoms with Crippen LogP contribution in [0.5, 0.6) is 0 Å². The SMILES string of the molecule is CC=C(C)C1(C)CCCCO1. The lowest BCUT2D eigenvalue weighted by atomic mass is 9.89. The van der Waals surface area contributed by atoms with Crippen molar-refractivity contribution in [3.63, 3.8) is 0 Å². The molecule has 1 heteroatoms. The van der Waals surface area contributed by atoms with Gasteiger partial charge in [0, 0.05) is 6.61 Å². The quantitative estimate of drug-likeness (QED) is 0.528. The highest BCUT2D eigenvalue weighted by atomic mass is 16.5. The van der Waals surface area contributed by atoms with Gasteiger partial charge in [-0.1, -0.05) is 6.08 Å². The van der Waals surface area contributed by atoms with Gasteiger partial charge < -0.3 is 4.74 Å². The van der Waals surface area contributed by atoms with E-state index in [1.165, 1.54) is 24.8 Å². The Bertz CT molecular complexity index is 152. The summed E-state index contributed by atoms with van der Waals surface area (Å²) >= 11 is 0. The summed E-state index contributed by atoms with van der Waals surface area (Å²) in [7, 11) is 0. The number of hydrogen-bond donors (Lipinski definition) is 0. The number of rotatable bonds is 1. The van der Waals surface area contributed by atoms with Crippen LogP contribution in [0.4, 0.5) is 0 Å². The van der Waals surface area contributed by atoms with Gasteiger partial charge in [-0.3, -0.25) is 0 Å². The molecule has 0 saturated carbocycles. The van der Waals surface area contributed by atoms with Crippen LogP contribution >= 0.6 is 0 Å². The Balaban J connectivity index is 2.64. The highest BCUT2D eigenvalue weighted by Gasteiger charge is 2.28. The topological polar surface area (TPSA) is 9.23 Å². The van der Waals surface area contributed by atoms with Crippen LogP contribution in [-0.4, -0.2) is 12.2 Å². The highest BCUT2D eigenvalue weighted by Crippen LogP contribution is 2.30. The van der Waals surface area contributed by atoms with E-state index in [0.717, 1.165) is 6.61 Å². The van der Waals surface area contributed by atoms with Crippen molar-refractivity contribution >= 4 is 0 Å². The third-order valence-electron chi connectivity index (χ3n) is 2.74. The fourth-order valence-corrected chi connectivity index (χ4v) is 1.55. The predicted octanol–water partition coefficient (Wildman–Crippen LogP) is 2.91. The summed E-state index contributed by atoms with van der Waals surface area (Å²) in [5.74, 6) is 0. The lowest BCUT2D eigenvalue weighted by Gasteiger charge is -2.34. The lowest BCUT2D eigenvalue weighted by Crippen LogP contribution is -2.33. The molecule has 1 atom stereocenters. The van der Waals surface area contributed by atoms with Crippen molar-refractivity contribution in [2.45, 2.75) is 45.6 Å². The summed E-state index contributed by atoms with van der Waals surface area (Å²) < 4.78 is 5.75. The maximum Gasteiger partial charge on any atom is 0.0860 e. The van der Waals surface area contributed by atoms with Crippen LogP contribution in [0.3, 0.4) is 0 Å². The summed E-state index contributed by atoms with van der Waals surface area (Å²) in [5.41, 5.74) is 1.42. The monoisotopic (exact) mass is 154 g/mol. The van der Waals surface area contributed by atoms with E-state index in [1.807, 2.05) is 0 Å². The molecule has 0 bridgehead atoms. The molecule has 1 aliphatic rings. The molecular formula is C10H18O. The average molecular weight is 154 g/mol. The van der Waals surface area contributed by atoms with Gasteiger partial charge in [0.05, 0.1) is 5.60 Å². The van der Waals surface area contributed by atoms with Gasteiger partial charge in [-0.25, -0.2) is 0 Å². The van der Waals surface area contributed by atoms with Gasteiger partial charge in [0.25, 0.3) is 0 Å². The van der Waals surface area contributed by atoms with E-state index in [9.17, 15) is 0 Å². The first-order valence-corrected chi connectivity index (χ1v) is 4.46. The Labute approximate surface area is 69.4 Å². The van der Waals surface area contributed by atoms with Crippen molar-refractivity contribution in [3.05, 3.63) is 11.6 Å². The lowest BCUT2D eigenvalue weighted by molar-refractivity contribution is -0.0381. The van der Waals surface area contributed by atoms with E-state index in [2.05, 4.69) is 26.8 Å². The number of ether oxygens (including phenoxy) is 1. The maximum absolute atomic E-state index is 5.75. The van der Waals surface area contributed by atoms with Crippen LogP contribution in [0, 0.1) is 0 Å². The molecule has 1 heterocycles. The summed E-state index contributed by atoms with van der Waals surface area (Å²) in [6.07, 6.45) is 5.88. The van der Waals surface area contributed by atoms with Gasteiger partial charge in [-0.15, -0.1) is 0 Å². The number of allylic oxidation sites excluding steroid dienone is 1. The Morgan fingerprint density at radius 1 is 1.45 bits per heavy atom. The molecular weight excluding hydrogens is 136 g/mol. The second-order valence-corrected chi connectivity index (χ2v) is 3.51. The van der Waals surface area contributed by atoms with Gasteiger partial charge >= 0.3 is 0 Å². The minimum atomic E-state index is 0.0486. The van der Waals surface area contributed by atoms with Crippen LogP contribution in [-0.2, 0) is 4.74 Å². The first-order valence-electron chi connectivity index (χ1n) is 4.46. The van der Waals surface area contributed by atoms with Gasteiger partial charge in [0.15, 0.2) is 0 Å². The second kappa shape index (κ2) is 3.40. The van der Waals surface area contributed by atoms with Crippen LogP contribution < -0.4 is 0 Å². The molecule has 11 heavy (non-hydrogen) atoms. The third kappa shape index (κ3) is 1.84. The van der Waals surface area contributed by atoms with Crippen molar-refractivity contribution in [3.8, 4) is 0 Å². The van der Waals surface area contributed by atoms with Crippen molar-refractivity contribution < 1.29 is 4.74 Å². The molecule has 1 aliphatic heterocycles. The van der Waals surface area contributed by atoms with E-state index < -0.39 is 0 Å². The van der Waals surface area contributed by atoms with E-state index >= 15 is 0 Å².